The van der Waals surface area contributed by atoms with Gasteiger partial charge in [0.25, 0.3) is 6.43 Å². The number of halogens is 3. The molecule has 1 heterocycles. The Balaban J connectivity index is 3.26. The van der Waals surface area contributed by atoms with Crippen LogP contribution in [0.3, 0.4) is 0 Å². The van der Waals surface area contributed by atoms with Crippen LogP contribution in [0.15, 0.2) is 16.7 Å². The number of hydrogen-bond acceptors (Lipinski definition) is 2. The van der Waals surface area contributed by atoms with E-state index in [0.717, 1.165) is 12.3 Å². The lowest BCUT2D eigenvalue weighted by Gasteiger charge is -2.03. The highest BCUT2D eigenvalue weighted by Crippen LogP contribution is 2.24. The fraction of sp³-hybridized carbons (Fsp3) is 0.143. The maximum Gasteiger partial charge on any atom is 0.354 e. The van der Waals surface area contributed by atoms with Crippen molar-refractivity contribution >= 4 is 21.9 Å². The molecule has 1 rings (SSSR count). The second kappa shape index (κ2) is 3.78. The Morgan fingerprint density at radius 1 is 1.62 bits per heavy atom. The summed E-state index contributed by atoms with van der Waals surface area (Å²) in [7, 11) is 0. The van der Waals surface area contributed by atoms with Crippen molar-refractivity contribution in [2.24, 2.45) is 0 Å². The van der Waals surface area contributed by atoms with Gasteiger partial charge in [-0.05, 0) is 22.0 Å². The van der Waals surface area contributed by atoms with Crippen molar-refractivity contribution in [3.63, 3.8) is 0 Å². The number of aromatic carboxylic acids is 1. The molecule has 0 amide bonds. The average Bonchev–Trinajstić information content (AvgIpc) is 2.03. The van der Waals surface area contributed by atoms with Gasteiger partial charge in [-0.1, -0.05) is 0 Å². The van der Waals surface area contributed by atoms with E-state index >= 15 is 0 Å². The highest BCUT2D eigenvalue weighted by atomic mass is 79.9. The van der Waals surface area contributed by atoms with E-state index in [-0.39, 0.29) is 0 Å². The minimum Gasteiger partial charge on any atom is -0.476 e. The lowest BCUT2D eigenvalue weighted by atomic mass is 10.2. The summed E-state index contributed by atoms with van der Waals surface area (Å²) >= 11 is 2.92. The fourth-order valence-corrected chi connectivity index (χ4v) is 1.15. The summed E-state index contributed by atoms with van der Waals surface area (Å²) in [5.74, 6) is -1.46. The zero-order valence-electron chi connectivity index (χ0n) is 6.17. The Hall–Kier alpha value is -1.04. The van der Waals surface area contributed by atoms with E-state index in [0.29, 0.717) is 4.47 Å². The maximum atomic E-state index is 12.2. The number of nitrogens with zero attached hydrogens (tertiary/aromatic N) is 1. The van der Waals surface area contributed by atoms with E-state index < -0.39 is 23.7 Å². The van der Waals surface area contributed by atoms with Crippen LogP contribution in [0.25, 0.3) is 0 Å². The van der Waals surface area contributed by atoms with Gasteiger partial charge in [0.2, 0.25) is 0 Å². The minimum atomic E-state index is -2.84. The molecule has 0 unspecified atom stereocenters. The van der Waals surface area contributed by atoms with Gasteiger partial charge in [0.15, 0.2) is 5.69 Å². The molecule has 0 saturated carbocycles. The van der Waals surface area contributed by atoms with E-state index in [9.17, 15) is 13.6 Å². The van der Waals surface area contributed by atoms with Gasteiger partial charge in [0.05, 0.1) is 5.56 Å². The molecule has 0 aliphatic carbocycles. The normalized spacial score (nSPS) is 10.5. The molecule has 13 heavy (non-hydrogen) atoms. The van der Waals surface area contributed by atoms with Crippen LogP contribution in [0.4, 0.5) is 8.78 Å². The molecule has 0 atom stereocenters. The molecular weight excluding hydrogens is 248 g/mol. The average molecular weight is 252 g/mol. The van der Waals surface area contributed by atoms with Gasteiger partial charge in [-0.2, -0.15) is 0 Å². The lowest BCUT2D eigenvalue weighted by Crippen LogP contribution is -2.05. The van der Waals surface area contributed by atoms with Crippen LogP contribution in [0, 0.1) is 0 Å². The second-order valence-electron chi connectivity index (χ2n) is 2.20. The van der Waals surface area contributed by atoms with Gasteiger partial charge in [-0.3, -0.25) is 0 Å². The minimum absolute atomic E-state index is 0.327. The third kappa shape index (κ3) is 2.21. The summed E-state index contributed by atoms with van der Waals surface area (Å²) in [6.07, 6.45) is -1.67. The molecular formula is C7H4BrF2NO2. The SMILES string of the molecule is O=C(O)c1ncc(Br)cc1C(F)F. The molecule has 1 aromatic rings. The molecule has 0 spiro atoms. The molecule has 3 nitrogen and oxygen atoms in total. The highest BCUT2D eigenvalue weighted by Gasteiger charge is 2.19. The second-order valence-corrected chi connectivity index (χ2v) is 3.11. The summed E-state index contributed by atoms with van der Waals surface area (Å²) in [4.78, 5) is 13.8. The van der Waals surface area contributed by atoms with Crippen molar-refractivity contribution in [2.45, 2.75) is 6.43 Å². The first-order valence-electron chi connectivity index (χ1n) is 3.19. The van der Waals surface area contributed by atoms with Crippen LogP contribution >= 0.6 is 15.9 Å². The molecule has 0 saturated heterocycles. The highest BCUT2D eigenvalue weighted by molar-refractivity contribution is 9.10. The summed E-state index contributed by atoms with van der Waals surface area (Å²) in [5.41, 5.74) is -1.19. The Morgan fingerprint density at radius 2 is 2.23 bits per heavy atom. The molecule has 0 fully saturated rings. The predicted octanol–water partition coefficient (Wildman–Crippen LogP) is 2.48. The van der Waals surface area contributed by atoms with Gasteiger partial charge in [-0.15, -0.1) is 0 Å². The van der Waals surface area contributed by atoms with E-state index in [4.69, 9.17) is 5.11 Å². The Bertz CT molecular complexity index is 343. The van der Waals surface area contributed by atoms with E-state index in [1.165, 1.54) is 0 Å². The summed E-state index contributed by atoms with van der Waals surface area (Å²) in [6.45, 7) is 0. The quantitative estimate of drug-likeness (QED) is 0.879. The van der Waals surface area contributed by atoms with Crippen molar-refractivity contribution in [3.8, 4) is 0 Å². The first kappa shape index (κ1) is 10.0. The van der Waals surface area contributed by atoms with Crippen LogP contribution < -0.4 is 0 Å². The van der Waals surface area contributed by atoms with E-state index in [2.05, 4.69) is 20.9 Å². The Labute approximate surface area is 80.5 Å². The third-order valence-corrected chi connectivity index (χ3v) is 1.76. The largest absolute Gasteiger partial charge is 0.476 e. The zero-order chi connectivity index (χ0) is 10.0. The van der Waals surface area contributed by atoms with Gasteiger partial charge in [-0.25, -0.2) is 18.6 Å². The molecule has 6 heteroatoms. The van der Waals surface area contributed by atoms with Crippen LogP contribution in [-0.4, -0.2) is 16.1 Å². The first-order chi connectivity index (χ1) is 6.02. The monoisotopic (exact) mass is 251 g/mol. The summed E-state index contributed by atoms with van der Waals surface area (Å²) in [5, 5.41) is 8.49. The summed E-state index contributed by atoms with van der Waals surface area (Å²) in [6, 6.07) is 1.04. The Kier molecular flexibility index (Phi) is 2.92. The number of rotatable bonds is 2. The fourth-order valence-electron chi connectivity index (χ4n) is 0.800. The molecule has 0 bridgehead atoms. The number of hydrogen-bond donors (Lipinski definition) is 1. The molecule has 0 radical (unpaired) electrons. The standard InChI is InChI=1S/C7H4BrF2NO2/c8-3-1-4(6(9)10)5(7(12)13)11-2-3/h1-2,6H,(H,12,13). The Morgan fingerprint density at radius 3 is 2.69 bits per heavy atom. The third-order valence-electron chi connectivity index (χ3n) is 1.32. The van der Waals surface area contributed by atoms with Crippen molar-refractivity contribution in [3.05, 3.63) is 28.0 Å². The topological polar surface area (TPSA) is 50.2 Å². The smallest absolute Gasteiger partial charge is 0.354 e. The number of aromatic nitrogens is 1. The molecule has 1 N–H and O–H groups in total. The lowest BCUT2D eigenvalue weighted by molar-refractivity contribution is 0.0677. The van der Waals surface area contributed by atoms with Crippen molar-refractivity contribution in [1.82, 2.24) is 4.98 Å². The molecule has 0 aliphatic heterocycles. The molecule has 0 aromatic carbocycles. The van der Waals surface area contributed by atoms with Crippen molar-refractivity contribution in [2.75, 3.05) is 0 Å². The van der Waals surface area contributed by atoms with Crippen molar-refractivity contribution in [1.29, 1.82) is 0 Å². The predicted molar refractivity (Wildman–Crippen MR) is 43.9 cm³/mol. The van der Waals surface area contributed by atoms with Gasteiger partial charge in [0, 0.05) is 10.7 Å². The van der Waals surface area contributed by atoms with Gasteiger partial charge in [0.1, 0.15) is 0 Å². The van der Waals surface area contributed by atoms with Crippen LogP contribution in [0.5, 0.6) is 0 Å². The van der Waals surface area contributed by atoms with E-state index in [1.807, 2.05) is 0 Å². The maximum absolute atomic E-state index is 12.2. The van der Waals surface area contributed by atoms with Gasteiger partial charge >= 0.3 is 5.97 Å². The number of pyridine rings is 1. The first-order valence-corrected chi connectivity index (χ1v) is 3.98. The molecule has 70 valence electrons. The number of carboxylic acids is 1. The van der Waals surface area contributed by atoms with Crippen LogP contribution in [0.1, 0.15) is 22.5 Å². The molecule has 0 aliphatic rings. The van der Waals surface area contributed by atoms with Crippen LogP contribution in [0.2, 0.25) is 0 Å². The number of carboxylic acid groups (broad SMARTS) is 1. The number of carbonyl (C=O) groups is 1. The van der Waals surface area contributed by atoms with Gasteiger partial charge < -0.3 is 5.11 Å². The summed E-state index contributed by atoms with van der Waals surface area (Å²) < 4.78 is 24.8. The van der Waals surface area contributed by atoms with Crippen LogP contribution in [-0.2, 0) is 0 Å². The van der Waals surface area contributed by atoms with Crippen molar-refractivity contribution < 1.29 is 18.7 Å². The van der Waals surface area contributed by atoms with E-state index in [1.54, 1.807) is 0 Å². The number of alkyl halides is 2. The molecule has 1 aromatic heterocycles. The zero-order valence-corrected chi connectivity index (χ0v) is 7.75.